The Morgan fingerprint density at radius 1 is 1.26 bits per heavy atom. The summed E-state index contributed by atoms with van der Waals surface area (Å²) in [6.07, 6.45) is 0.515. The third kappa shape index (κ3) is 3.90. The van der Waals surface area contributed by atoms with Crippen LogP contribution in [0.3, 0.4) is 0 Å². The maximum absolute atomic E-state index is 11.5. The Kier molecular flexibility index (Phi) is 5.39. The van der Waals surface area contributed by atoms with Crippen LogP contribution in [0.2, 0.25) is 0 Å². The van der Waals surface area contributed by atoms with Crippen LogP contribution in [-0.2, 0) is 23.7 Å². The Bertz CT molecular complexity index is 783. The minimum atomic E-state index is -2.62. The van der Waals surface area contributed by atoms with Crippen LogP contribution in [0.5, 0.6) is 11.5 Å². The van der Waals surface area contributed by atoms with E-state index in [-0.39, 0.29) is 28.6 Å². The summed E-state index contributed by atoms with van der Waals surface area (Å²) in [5, 5.41) is 10.2. The second-order valence-corrected chi connectivity index (χ2v) is 6.00. The second-order valence-electron chi connectivity index (χ2n) is 4.97. The fraction of sp³-hybridized carbons (Fsp3) is 0.235. The normalized spacial score (nSPS) is 10.7. The third-order valence-electron chi connectivity index (χ3n) is 3.43. The number of carbonyl (C=O) groups excluding carboxylic acids is 1. The van der Waals surface area contributed by atoms with E-state index in [0.717, 1.165) is 0 Å². The van der Waals surface area contributed by atoms with Gasteiger partial charge in [-0.05, 0) is 49.2 Å². The minimum absolute atomic E-state index is 0.0554. The topological polar surface area (TPSA) is 80.7 Å². The number of benzene rings is 2. The molecular formula is C17H17O5S. The Balaban J connectivity index is 2.20. The van der Waals surface area contributed by atoms with E-state index in [1.165, 1.54) is 25.1 Å². The molecule has 0 unspecified atom stereocenters. The van der Waals surface area contributed by atoms with Crippen molar-refractivity contribution in [1.29, 1.82) is 0 Å². The molecule has 2 rings (SSSR count). The summed E-state index contributed by atoms with van der Waals surface area (Å²) in [5.41, 5.74) is 1.52. The first-order chi connectivity index (χ1) is 10.9. The number of hydrogen-bond donors (Lipinski definition) is 2. The molecule has 2 aromatic carbocycles. The number of phenols is 1. The minimum Gasteiger partial charge on any atom is -0.507 e. The zero-order chi connectivity index (χ0) is 17.0. The van der Waals surface area contributed by atoms with Crippen LogP contribution in [0, 0.1) is 6.07 Å². The predicted molar refractivity (Wildman–Crippen MR) is 85.7 cm³/mol. The van der Waals surface area contributed by atoms with Gasteiger partial charge in [0.25, 0.3) is 0 Å². The fourth-order valence-electron chi connectivity index (χ4n) is 2.19. The van der Waals surface area contributed by atoms with Gasteiger partial charge in [0.05, 0.1) is 10.5 Å². The second kappa shape index (κ2) is 7.28. The number of carbonyl (C=O) groups is 1. The van der Waals surface area contributed by atoms with Crippen LogP contribution in [0.15, 0.2) is 35.2 Å². The molecule has 0 saturated heterocycles. The van der Waals surface area contributed by atoms with Crippen molar-refractivity contribution in [3.8, 4) is 11.5 Å². The van der Waals surface area contributed by atoms with Crippen molar-refractivity contribution >= 4 is 16.5 Å². The van der Waals surface area contributed by atoms with Crippen LogP contribution in [0.1, 0.15) is 35.3 Å². The van der Waals surface area contributed by atoms with E-state index in [1.807, 2.05) is 6.92 Å². The smallest absolute Gasteiger partial charge is 0.168 e. The van der Waals surface area contributed by atoms with Gasteiger partial charge in [-0.2, -0.15) is 0 Å². The van der Waals surface area contributed by atoms with Crippen LogP contribution in [0.25, 0.3) is 0 Å². The first-order valence-electron chi connectivity index (χ1n) is 7.07. The summed E-state index contributed by atoms with van der Waals surface area (Å²) < 4.78 is 27.3. The quantitative estimate of drug-likeness (QED) is 0.627. The average Bonchev–Trinajstić information content (AvgIpc) is 2.52. The summed E-state index contributed by atoms with van der Waals surface area (Å²) in [7, 11) is -2.62. The molecule has 1 radical (unpaired) electrons. The van der Waals surface area contributed by atoms with Crippen LogP contribution in [0.4, 0.5) is 0 Å². The number of Topliss-reactive ketones (excluding diaryl/α,β-unsaturated/α-hetero) is 1. The number of ketones is 1. The molecule has 121 valence electrons. The molecule has 5 nitrogen and oxygen atoms in total. The molecule has 0 heterocycles. The molecule has 0 aliphatic rings. The maximum Gasteiger partial charge on any atom is 0.168 e. The molecule has 6 heteroatoms. The van der Waals surface area contributed by atoms with Gasteiger partial charge in [-0.1, -0.05) is 13.0 Å². The van der Waals surface area contributed by atoms with Gasteiger partial charge in [-0.25, -0.2) is 8.42 Å². The number of hydrogen-bond acceptors (Lipinski definition) is 5. The number of ether oxygens (including phenoxy) is 1. The van der Waals surface area contributed by atoms with Crippen LogP contribution >= 0.6 is 0 Å². The average molecular weight is 333 g/mol. The van der Waals surface area contributed by atoms with Gasteiger partial charge in [-0.3, -0.25) is 4.79 Å². The molecular weight excluding hydrogens is 316 g/mol. The largest absolute Gasteiger partial charge is 0.507 e. The van der Waals surface area contributed by atoms with Gasteiger partial charge in [-0.15, -0.1) is 0 Å². The lowest BCUT2D eigenvalue weighted by molar-refractivity contribution is 0.101. The molecule has 0 aliphatic heterocycles. The van der Waals surface area contributed by atoms with Crippen LogP contribution < -0.4 is 4.74 Å². The highest BCUT2D eigenvalue weighted by molar-refractivity contribution is 7.72. The Morgan fingerprint density at radius 3 is 2.52 bits per heavy atom. The monoisotopic (exact) mass is 333 g/mol. The lowest BCUT2D eigenvalue weighted by atomic mass is 10.0. The summed E-state index contributed by atoms with van der Waals surface area (Å²) >= 11 is 0. The zero-order valence-electron chi connectivity index (χ0n) is 12.8. The van der Waals surface area contributed by atoms with E-state index >= 15 is 0 Å². The molecule has 0 aliphatic carbocycles. The van der Waals surface area contributed by atoms with Gasteiger partial charge < -0.3 is 9.84 Å². The number of aromatic hydroxyl groups is 1. The summed E-state index contributed by atoms with van der Waals surface area (Å²) in [6.45, 7) is 3.44. The van der Waals surface area contributed by atoms with Crippen molar-refractivity contribution in [2.45, 2.75) is 31.8 Å². The Morgan fingerprint density at radius 2 is 2.00 bits per heavy atom. The van der Waals surface area contributed by atoms with E-state index in [0.29, 0.717) is 23.3 Å². The first-order valence-corrected chi connectivity index (χ1v) is 8.25. The molecule has 23 heavy (non-hydrogen) atoms. The van der Waals surface area contributed by atoms with Gasteiger partial charge in [0.15, 0.2) is 16.5 Å². The van der Waals surface area contributed by atoms with Gasteiger partial charge in [0.1, 0.15) is 18.1 Å². The van der Waals surface area contributed by atoms with Crippen LogP contribution in [-0.4, -0.2) is 19.3 Å². The molecule has 0 amide bonds. The summed E-state index contributed by atoms with van der Waals surface area (Å²) in [5.74, 6) is 0.224. The lowest BCUT2D eigenvalue weighted by Crippen LogP contribution is -2.02. The van der Waals surface area contributed by atoms with E-state index < -0.39 is 10.7 Å². The van der Waals surface area contributed by atoms with Gasteiger partial charge in [0, 0.05) is 5.56 Å². The molecule has 0 saturated carbocycles. The van der Waals surface area contributed by atoms with Gasteiger partial charge in [0.2, 0.25) is 0 Å². The SMILES string of the molecule is CCc1c(OCc2[c]cc([SH](=O)=O)cc2)ccc(C(C)=O)c1O. The highest BCUT2D eigenvalue weighted by atomic mass is 32.2. The van der Waals surface area contributed by atoms with E-state index in [4.69, 9.17) is 4.74 Å². The van der Waals surface area contributed by atoms with Crippen molar-refractivity contribution in [1.82, 2.24) is 0 Å². The Labute approximate surface area is 136 Å². The summed E-state index contributed by atoms with van der Waals surface area (Å²) in [4.78, 5) is 11.7. The molecule has 0 bridgehead atoms. The maximum atomic E-state index is 11.5. The van der Waals surface area contributed by atoms with E-state index in [1.54, 1.807) is 12.1 Å². The van der Waals surface area contributed by atoms with Crippen molar-refractivity contribution in [2.75, 3.05) is 0 Å². The van der Waals surface area contributed by atoms with E-state index in [9.17, 15) is 18.3 Å². The molecule has 1 N–H and O–H groups in total. The standard InChI is InChI=1S/C17H17O5S/c1-3-14-16(9-8-15(11(2)18)17(14)19)22-10-12-4-6-13(7-5-12)23(20)21/h4,6-9,19,23H,3,10H2,1-2H3. The molecule has 0 spiro atoms. The summed E-state index contributed by atoms with van der Waals surface area (Å²) in [6, 6.07) is 10.5. The van der Waals surface area contributed by atoms with Crippen molar-refractivity contribution in [3.63, 3.8) is 0 Å². The van der Waals surface area contributed by atoms with Crippen molar-refractivity contribution < 1.29 is 23.1 Å². The number of thiol groups is 1. The molecule has 2 aromatic rings. The number of rotatable bonds is 6. The Hall–Kier alpha value is -2.34. The van der Waals surface area contributed by atoms with E-state index in [2.05, 4.69) is 6.07 Å². The van der Waals surface area contributed by atoms with Crippen molar-refractivity contribution in [3.05, 3.63) is 53.1 Å². The molecule has 0 aromatic heterocycles. The highest BCUT2D eigenvalue weighted by Gasteiger charge is 2.15. The zero-order valence-corrected chi connectivity index (χ0v) is 13.7. The number of phenolic OH excluding ortho intramolecular Hbond substituents is 1. The first kappa shape index (κ1) is 17.0. The molecule has 0 fully saturated rings. The van der Waals surface area contributed by atoms with Gasteiger partial charge >= 0.3 is 0 Å². The lowest BCUT2D eigenvalue weighted by Gasteiger charge is -2.14. The predicted octanol–water partition coefficient (Wildman–Crippen LogP) is 2.51. The fourth-order valence-corrected chi connectivity index (χ4v) is 2.55. The molecule has 0 atom stereocenters. The highest BCUT2D eigenvalue weighted by Crippen LogP contribution is 2.32. The third-order valence-corrected chi connectivity index (χ3v) is 4.13. The van der Waals surface area contributed by atoms with Crippen molar-refractivity contribution in [2.24, 2.45) is 0 Å².